The molecule has 0 atom stereocenters. The van der Waals surface area contributed by atoms with Crippen LogP contribution in [0.1, 0.15) is 11.3 Å². The molecule has 2 rings (SSSR count). The lowest BCUT2D eigenvalue weighted by Gasteiger charge is -2.04. The van der Waals surface area contributed by atoms with Crippen molar-refractivity contribution in [3.8, 4) is 11.3 Å². The Kier molecular flexibility index (Phi) is 3.61. The zero-order chi connectivity index (χ0) is 14.0. The van der Waals surface area contributed by atoms with E-state index in [0.29, 0.717) is 16.9 Å². The van der Waals surface area contributed by atoms with Gasteiger partial charge < -0.3 is 9.32 Å². The minimum absolute atomic E-state index is 0.00362. The Morgan fingerprint density at radius 1 is 1.26 bits per heavy atom. The average molecular weight is 290 g/mol. The summed E-state index contributed by atoms with van der Waals surface area (Å²) in [7, 11) is 0. The van der Waals surface area contributed by atoms with Crippen LogP contribution in [0.15, 0.2) is 28.8 Å². The summed E-state index contributed by atoms with van der Waals surface area (Å²) in [6, 6.07) is 6.05. The Labute approximate surface area is 111 Å². The Balaban J connectivity index is 2.54. The van der Waals surface area contributed by atoms with Crippen LogP contribution in [-0.4, -0.2) is 11.4 Å². The topological polar surface area (TPSA) is 43.1 Å². The molecule has 0 aliphatic heterocycles. The number of carbonyl (C=O) groups excluding carboxylic acids is 1. The first kappa shape index (κ1) is 13.6. The van der Waals surface area contributed by atoms with E-state index in [2.05, 4.69) is 9.68 Å². The van der Waals surface area contributed by atoms with Gasteiger partial charge in [-0.05, 0) is 12.1 Å². The van der Waals surface area contributed by atoms with Gasteiger partial charge in [-0.25, -0.2) is 0 Å². The molecule has 3 nitrogen and oxygen atoms in total. The zero-order valence-electron chi connectivity index (χ0n) is 9.37. The fourth-order valence-corrected chi connectivity index (χ4v) is 1.77. The van der Waals surface area contributed by atoms with Gasteiger partial charge in [-0.2, -0.15) is 13.2 Å². The maximum Gasteiger partial charge on any atom is 0.452 e. The highest BCUT2D eigenvalue weighted by Gasteiger charge is 2.40. The van der Waals surface area contributed by atoms with Crippen molar-refractivity contribution >= 4 is 17.9 Å². The van der Waals surface area contributed by atoms with Gasteiger partial charge in [0.05, 0.1) is 0 Å². The standard InChI is InChI=1S/C12H7ClF3NO2/c13-8-3-1-7(2-4-8)10-9(5-6-18)11(19-17-10)12(14,15)16/h1-4,6H,5H2. The van der Waals surface area contributed by atoms with E-state index < -0.39 is 18.4 Å². The van der Waals surface area contributed by atoms with Gasteiger partial charge in [-0.15, -0.1) is 0 Å². The van der Waals surface area contributed by atoms with E-state index in [-0.39, 0.29) is 11.3 Å². The molecule has 0 amide bonds. The molecule has 0 N–H and O–H groups in total. The monoisotopic (exact) mass is 289 g/mol. The van der Waals surface area contributed by atoms with Crippen LogP contribution in [0.5, 0.6) is 0 Å². The Bertz CT molecular complexity index is 590. The van der Waals surface area contributed by atoms with Gasteiger partial charge in [-0.3, -0.25) is 0 Å². The summed E-state index contributed by atoms with van der Waals surface area (Å²) in [6.07, 6.45) is -4.73. The highest BCUT2D eigenvalue weighted by atomic mass is 35.5. The number of rotatable bonds is 3. The van der Waals surface area contributed by atoms with Crippen LogP contribution in [0.25, 0.3) is 11.3 Å². The molecule has 2 aromatic rings. The third kappa shape index (κ3) is 2.78. The van der Waals surface area contributed by atoms with E-state index in [1.165, 1.54) is 24.3 Å². The van der Waals surface area contributed by atoms with Crippen LogP contribution in [-0.2, 0) is 17.4 Å². The van der Waals surface area contributed by atoms with Crippen LogP contribution in [0, 0.1) is 0 Å². The SMILES string of the molecule is O=CCc1c(-c2ccc(Cl)cc2)noc1C(F)(F)F. The molecule has 0 radical (unpaired) electrons. The van der Waals surface area contributed by atoms with E-state index in [0.717, 1.165) is 0 Å². The van der Waals surface area contributed by atoms with Gasteiger partial charge in [0.1, 0.15) is 12.0 Å². The number of alkyl halides is 3. The van der Waals surface area contributed by atoms with E-state index in [4.69, 9.17) is 11.6 Å². The van der Waals surface area contributed by atoms with E-state index >= 15 is 0 Å². The smallest absolute Gasteiger partial charge is 0.351 e. The van der Waals surface area contributed by atoms with Gasteiger partial charge in [-0.1, -0.05) is 28.9 Å². The second kappa shape index (κ2) is 5.05. The molecule has 7 heteroatoms. The minimum Gasteiger partial charge on any atom is -0.351 e. The Hall–Kier alpha value is -1.82. The van der Waals surface area contributed by atoms with Crippen molar-refractivity contribution in [1.82, 2.24) is 5.16 Å². The predicted octanol–water partition coefficient (Wildman–Crippen LogP) is 3.76. The summed E-state index contributed by atoms with van der Waals surface area (Å²) < 4.78 is 42.4. The van der Waals surface area contributed by atoms with E-state index in [1.54, 1.807) is 0 Å². The van der Waals surface area contributed by atoms with Crippen molar-refractivity contribution in [3.63, 3.8) is 0 Å². The maximum atomic E-state index is 12.7. The molecule has 0 spiro atoms. The first-order valence-electron chi connectivity index (χ1n) is 5.19. The fraction of sp³-hybridized carbons (Fsp3) is 0.167. The number of aldehydes is 1. The molecular formula is C12H7ClF3NO2. The van der Waals surface area contributed by atoms with E-state index in [1.807, 2.05) is 0 Å². The van der Waals surface area contributed by atoms with Gasteiger partial charge in [0.15, 0.2) is 0 Å². The van der Waals surface area contributed by atoms with Gasteiger partial charge in [0.25, 0.3) is 0 Å². The molecule has 0 bridgehead atoms. The van der Waals surface area contributed by atoms with Crippen LogP contribution >= 0.6 is 11.6 Å². The Morgan fingerprint density at radius 3 is 2.42 bits per heavy atom. The molecule has 0 saturated carbocycles. The second-order valence-corrected chi connectivity index (χ2v) is 4.15. The molecule has 19 heavy (non-hydrogen) atoms. The average Bonchev–Trinajstić information content (AvgIpc) is 2.74. The lowest BCUT2D eigenvalue weighted by Crippen LogP contribution is -2.07. The van der Waals surface area contributed by atoms with Crippen molar-refractivity contribution in [2.75, 3.05) is 0 Å². The highest BCUT2D eigenvalue weighted by molar-refractivity contribution is 6.30. The normalized spacial score (nSPS) is 11.6. The van der Waals surface area contributed by atoms with E-state index in [9.17, 15) is 18.0 Å². The predicted molar refractivity (Wildman–Crippen MR) is 61.7 cm³/mol. The number of aromatic nitrogens is 1. The van der Waals surface area contributed by atoms with Crippen molar-refractivity contribution in [2.45, 2.75) is 12.6 Å². The van der Waals surface area contributed by atoms with Crippen LogP contribution in [0.4, 0.5) is 13.2 Å². The van der Waals surface area contributed by atoms with Crippen molar-refractivity contribution in [3.05, 3.63) is 40.6 Å². The maximum absolute atomic E-state index is 12.7. The zero-order valence-corrected chi connectivity index (χ0v) is 10.1. The lowest BCUT2D eigenvalue weighted by atomic mass is 10.0. The molecule has 1 heterocycles. The summed E-state index contributed by atoms with van der Waals surface area (Å²) >= 11 is 5.70. The molecule has 0 unspecified atom stereocenters. The van der Waals surface area contributed by atoms with Gasteiger partial charge >= 0.3 is 6.18 Å². The molecule has 0 fully saturated rings. The summed E-state index contributed by atoms with van der Waals surface area (Å²) in [5, 5.41) is 3.85. The number of benzene rings is 1. The largest absolute Gasteiger partial charge is 0.452 e. The quantitative estimate of drug-likeness (QED) is 0.808. The second-order valence-electron chi connectivity index (χ2n) is 3.71. The summed E-state index contributed by atoms with van der Waals surface area (Å²) in [6.45, 7) is 0. The van der Waals surface area contributed by atoms with Gasteiger partial charge in [0, 0.05) is 22.6 Å². The summed E-state index contributed by atoms with van der Waals surface area (Å²) in [4.78, 5) is 10.5. The van der Waals surface area contributed by atoms with Crippen LogP contribution in [0.2, 0.25) is 5.02 Å². The molecule has 0 aliphatic carbocycles. The lowest BCUT2D eigenvalue weighted by molar-refractivity contribution is -0.156. The third-order valence-electron chi connectivity index (χ3n) is 2.45. The number of hydrogen-bond acceptors (Lipinski definition) is 3. The first-order valence-corrected chi connectivity index (χ1v) is 5.56. The van der Waals surface area contributed by atoms with Crippen LogP contribution < -0.4 is 0 Å². The highest BCUT2D eigenvalue weighted by Crippen LogP contribution is 2.36. The minimum atomic E-state index is -4.68. The fourth-order valence-electron chi connectivity index (χ4n) is 1.64. The van der Waals surface area contributed by atoms with Crippen LogP contribution in [0.3, 0.4) is 0 Å². The molecule has 100 valence electrons. The summed E-state index contributed by atoms with van der Waals surface area (Å²) in [5.41, 5.74) is 0.126. The number of carbonyl (C=O) groups is 1. The number of hydrogen-bond donors (Lipinski definition) is 0. The Morgan fingerprint density at radius 2 is 1.89 bits per heavy atom. The molecule has 0 aliphatic rings. The van der Waals surface area contributed by atoms with Gasteiger partial charge in [0.2, 0.25) is 5.76 Å². The van der Waals surface area contributed by atoms with Crippen molar-refractivity contribution in [1.29, 1.82) is 0 Å². The molecule has 1 aromatic heterocycles. The first-order chi connectivity index (χ1) is 8.93. The number of halogens is 4. The summed E-state index contributed by atoms with van der Waals surface area (Å²) in [5.74, 6) is -1.25. The third-order valence-corrected chi connectivity index (χ3v) is 2.70. The van der Waals surface area contributed by atoms with Crippen molar-refractivity contribution in [2.24, 2.45) is 0 Å². The molecule has 1 aromatic carbocycles. The van der Waals surface area contributed by atoms with Crippen molar-refractivity contribution < 1.29 is 22.5 Å². The molecular weight excluding hydrogens is 283 g/mol. The number of nitrogens with zero attached hydrogens (tertiary/aromatic N) is 1. The molecule has 0 saturated heterocycles.